The smallest absolute Gasteiger partial charge is 0.162 e. The van der Waals surface area contributed by atoms with E-state index in [-0.39, 0.29) is 18.5 Å². The van der Waals surface area contributed by atoms with Gasteiger partial charge in [-0.3, -0.25) is 0 Å². The van der Waals surface area contributed by atoms with Crippen LogP contribution in [0, 0.1) is 0 Å². The predicted molar refractivity (Wildman–Crippen MR) is 88.6 cm³/mol. The van der Waals surface area contributed by atoms with Crippen molar-refractivity contribution in [1.29, 1.82) is 0 Å². The van der Waals surface area contributed by atoms with Gasteiger partial charge < -0.3 is 14.8 Å². The van der Waals surface area contributed by atoms with Crippen LogP contribution < -0.4 is 14.8 Å². The molecule has 3 nitrogen and oxygen atoms in total. The van der Waals surface area contributed by atoms with Crippen LogP contribution in [0.1, 0.15) is 18.1 Å². The first-order valence-corrected chi connectivity index (χ1v) is 6.84. The molecule has 0 saturated carbocycles. The molecule has 21 heavy (non-hydrogen) atoms. The van der Waals surface area contributed by atoms with Gasteiger partial charge in [-0.25, -0.2) is 0 Å². The van der Waals surface area contributed by atoms with Crippen molar-refractivity contribution in [2.45, 2.75) is 12.5 Å². The minimum absolute atomic E-state index is 0. The van der Waals surface area contributed by atoms with E-state index < -0.39 is 0 Å². The molecule has 0 saturated heterocycles. The molecule has 0 fully saturated rings. The van der Waals surface area contributed by atoms with E-state index in [1.807, 2.05) is 49.5 Å². The molecule has 0 aliphatic rings. The van der Waals surface area contributed by atoms with E-state index in [9.17, 15) is 0 Å². The first-order valence-electron chi connectivity index (χ1n) is 6.84. The fraction of sp³-hybridized carbons (Fsp3) is 0.294. The highest BCUT2D eigenvalue weighted by Gasteiger charge is 2.14. The third-order valence-corrected chi connectivity index (χ3v) is 3.17. The number of rotatable bonds is 7. The monoisotopic (exact) mass is 307 g/mol. The average molecular weight is 308 g/mol. The van der Waals surface area contributed by atoms with Crippen LogP contribution >= 0.6 is 12.4 Å². The Bertz CT molecular complexity index is 519. The SMILES string of the molecule is CNCC[C@@H](Oc1ccccc1OC)c1ccccc1.Cl. The summed E-state index contributed by atoms with van der Waals surface area (Å²) < 4.78 is 11.5. The van der Waals surface area contributed by atoms with Crippen LogP contribution in [-0.4, -0.2) is 20.7 Å². The summed E-state index contributed by atoms with van der Waals surface area (Å²) in [5.74, 6) is 1.54. The molecule has 0 aliphatic carbocycles. The van der Waals surface area contributed by atoms with Crippen LogP contribution in [0.15, 0.2) is 54.6 Å². The largest absolute Gasteiger partial charge is 0.493 e. The van der Waals surface area contributed by atoms with Gasteiger partial charge in [0.15, 0.2) is 11.5 Å². The van der Waals surface area contributed by atoms with E-state index in [0.717, 1.165) is 24.5 Å². The molecule has 0 heterocycles. The average Bonchev–Trinajstić information content (AvgIpc) is 2.52. The second-order valence-electron chi connectivity index (χ2n) is 4.56. The van der Waals surface area contributed by atoms with Crippen molar-refractivity contribution in [3.63, 3.8) is 0 Å². The highest BCUT2D eigenvalue weighted by molar-refractivity contribution is 5.85. The lowest BCUT2D eigenvalue weighted by Crippen LogP contribution is -2.16. The van der Waals surface area contributed by atoms with Crippen LogP contribution in [0.2, 0.25) is 0 Å². The Hall–Kier alpha value is -1.71. The standard InChI is InChI=1S/C17H21NO2.ClH/c1-18-13-12-15(14-8-4-3-5-9-14)20-17-11-7-6-10-16(17)19-2;/h3-11,15,18H,12-13H2,1-2H3;1H/t15-;/m1./s1. The fourth-order valence-corrected chi connectivity index (χ4v) is 2.11. The van der Waals surface area contributed by atoms with Crippen molar-refractivity contribution < 1.29 is 9.47 Å². The third kappa shape index (κ3) is 4.96. The van der Waals surface area contributed by atoms with Crippen LogP contribution in [-0.2, 0) is 0 Å². The highest BCUT2D eigenvalue weighted by Crippen LogP contribution is 2.31. The molecule has 0 amide bonds. The fourth-order valence-electron chi connectivity index (χ4n) is 2.11. The third-order valence-electron chi connectivity index (χ3n) is 3.17. The molecule has 0 aliphatic heterocycles. The number of ether oxygens (including phenoxy) is 2. The zero-order valence-corrected chi connectivity index (χ0v) is 13.2. The number of halogens is 1. The molecule has 0 spiro atoms. The maximum absolute atomic E-state index is 6.16. The predicted octanol–water partition coefficient (Wildman–Crippen LogP) is 3.85. The van der Waals surface area contributed by atoms with Crippen LogP contribution in [0.3, 0.4) is 0 Å². The first kappa shape index (κ1) is 17.3. The summed E-state index contributed by atoms with van der Waals surface area (Å²) in [6.45, 7) is 0.898. The van der Waals surface area contributed by atoms with E-state index in [1.165, 1.54) is 5.56 Å². The van der Waals surface area contributed by atoms with Gasteiger partial charge in [0.2, 0.25) is 0 Å². The van der Waals surface area contributed by atoms with Gasteiger partial charge in [-0.1, -0.05) is 42.5 Å². The Morgan fingerprint density at radius 3 is 2.19 bits per heavy atom. The lowest BCUT2D eigenvalue weighted by molar-refractivity contribution is 0.187. The van der Waals surface area contributed by atoms with Crippen LogP contribution in [0.25, 0.3) is 0 Å². The molecule has 0 bridgehead atoms. The molecule has 2 aromatic rings. The van der Waals surface area contributed by atoms with Crippen molar-refractivity contribution in [2.24, 2.45) is 0 Å². The molecule has 2 rings (SSSR count). The number of nitrogens with one attached hydrogen (secondary N) is 1. The number of para-hydroxylation sites is 2. The summed E-state index contributed by atoms with van der Waals surface area (Å²) >= 11 is 0. The van der Waals surface area contributed by atoms with Crippen molar-refractivity contribution >= 4 is 12.4 Å². The molecule has 114 valence electrons. The summed E-state index contributed by atoms with van der Waals surface area (Å²) in [4.78, 5) is 0. The summed E-state index contributed by atoms with van der Waals surface area (Å²) in [7, 11) is 3.61. The molecule has 4 heteroatoms. The van der Waals surface area contributed by atoms with Gasteiger partial charge in [-0.15, -0.1) is 12.4 Å². The summed E-state index contributed by atoms with van der Waals surface area (Å²) in [6, 6.07) is 18.0. The van der Waals surface area contributed by atoms with Crippen molar-refractivity contribution in [3.8, 4) is 11.5 Å². The van der Waals surface area contributed by atoms with E-state index in [4.69, 9.17) is 9.47 Å². The van der Waals surface area contributed by atoms with Crippen molar-refractivity contribution in [3.05, 3.63) is 60.2 Å². The van der Waals surface area contributed by atoms with Gasteiger partial charge in [0.25, 0.3) is 0 Å². The molecule has 0 aromatic heterocycles. The summed E-state index contributed by atoms with van der Waals surface area (Å²) in [5, 5.41) is 3.17. The Morgan fingerprint density at radius 2 is 1.57 bits per heavy atom. The Balaban J connectivity index is 0.00000220. The van der Waals surface area contributed by atoms with E-state index >= 15 is 0 Å². The van der Waals surface area contributed by atoms with E-state index in [2.05, 4.69) is 17.4 Å². The van der Waals surface area contributed by atoms with Gasteiger partial charge in [-0.2, -0.15) is 0 Å². The van der Waals surface area contributed by atoms with E-state index in [1.54, 1.807) is 7.11 Å². The topological polar surface area (TPSA) is 30.5 Å². The van der Waals surface area contributed by atoms with Crippen LogP contribution in [0.5, 0.6) is 11.5 Å². The summed E-state index contributed by atoms with van der Waals surface area (Å²) in [6.07, 6.45) is 0.915. The highest BCUT2D eigenvalue weighted by atomic mass is 35.5. The van der Waals surface area contributed by atoms with Crippen LogP contribution in [0.4, 0.5) is 0 Å². The van der Waals surface area contributed by atoms with Gasteiger partial charge in [0.1, 0.15) is 6.10 Å². The van der Waals surface area contributed by atoms with E-state index in [0.29, 0.717) is 0 Å². The number of benzene rings is 2. The zero-order valence-electron chi connectivity index (χ0n) is 12.4. The Labute approximate surface area is 132 Å². The van der Waals surface area contributed by atoms with Gasteiger partial charge >= 0.3 is 0 Å². The second-order valence-corrected chi connectivity index (χ2v) is 4.56. The maximum Gasteiger partial charge on any atom is 0.162 e. The molecule has 0 unspecified atom stereocenters. The zero-order chi connectivity index (χ0) is 14.2. The van der Waals surface area contributed by atoms with Crippen molar-refractivity contribution in [2.75, 3.05) is 20.7 Å². The molecule has 1 N–H and O–H groups in total. The lowest BCUT2D eigenvalue weighted by atomic mass is 10.1. The minimum atomic E-state index is 0. The Morgan fingerprint density at radius 1 is 0.952 bits per heavy atom. The quantitative estimate of drug-likeness (QED) is 0.843. The Kier molecular flexibility index (Phi) is 7.65. The van der Waals surface area contributed by atoms with Crippen molar-refractivity contribution in [1.82, 2.24) is 5.32 Å². The maximum atomic E-state index is 6.16. The second kappa shape index (κ2) is 9.27. The molecular weight excluding hydrogens is 286 g/mol. The lowest BCUT2D eigenvalue weighted by Gasteiger charge is -2.21. The summed E-state index contributed by atoms with van der Waals surface area (Å²) in [5.41, 5.74) is 1.17. The van der Waals surface area contributed by atoms with Gasteiger partial charge in [0.05, 0.1) is 7.11 Å². The first-order chi connectivity index (χ1) is 9.85. The minimum Gasteiger partial charge on any atom is -0.493 e. The number of hydrogen-bond acceptors (Lipinski definition) is 3. The molecule has 1 atom stereocenters. The molecular formula is C17H22ClNO2. The normalized spacial score (nSPS) is 11.3. The number of hydrogen-bond donors (Lipinski definition) is 1. The van der Waals surface area contributed by atoms with Gasteiger partial charge in [0, 0.05) is 6.42 Å². The molecule has 2 aromatic carbocycles. The van der Waals surface area contributed by atoms with Gasteiger partial charge in [-0.05, 0) is 31.3 Å². The number of methoxy groups -OCH3 is 1. The molecule has 0 radical (unpaired) electrons.